The van der Waals surface area contributed by atoms with E-state index in [1.165, 1.54) is 19.3 Å². The Balaban J connectivity index is 2.47. The summed E-state index contributed by atoms with van der Waals surface area (Å²) in [6.45, 7) is 3.81. The van der Waals surface area contributed by atoms with Crippen molar-refractivity contribution in [3.05, 3.63) is 12.2 Å². The van der Waals surface area contributed by atoms with Crippen LogP contribution in [-0.4, -0.2) is 37.6 Å². The van der Waals surface area contributed by atoms with Gasteiger partial charge < -0.3 is 19.5 Å². The Labute approximate surface area is 105 Å². The Bertz CT molecular complexity index is 407. The first-order valence-electron chi connectivity index (χ1n) is 5.91. The molecule has 1 amide bonds. The average molecular weight is 255 g/mol. The number of nitrogens with one attached hydrogen (secondary N) is 1. The summed E-state index contributed by atoms with van der Waals surface area (Å²) in [4.78, 5) is 23.7. The molecule has 100 valence electrons. The van der Waals surface area contributed by atoms with Crippen LogP contribution < -0.4 is 5.32 Å². The minimum Gasteiger partial charge on any atom is -0.465 e. The van der Waals surface area contributed by atoms with Crippen LogP contribution in [0.4, 0.5) is 0 Å². The number of amides is 1. The summed E-state index contributed by atoms with van der Waals surface area (Å²) < 4.78 is 16.0. The van der Waals surface area contributed by atoms with Crippen molar-refractivity contribution in [2.45, 2.75) is 32.3 Å². The lowest BCUT2D eigenvalue weighted by Crippen LogP contribution is -2.64. The first kappa shape index (κ1) is 13.0. The molecule has 0 saturated carbocycles. The lowest BCUT2D eigenvalue weighted by atomic mass is 9.78. The van der Waals surface area contributed by atoms with Crippen molar-refractivity contribution in [1.29, 1.82) is 0 Å². The van der Waals surface area contributed by atoms with Crippen LogP contribution in [0.1, 0.15) is 20.3 Å². The number of methoxy groups -OCH3 is 1. The highest BCUT2D eigenvalue weighted by Crippen LogP contribution is 2.49. The van der Waals surface area contributed by atoms with Crippen molar-refractivity contribution in [3.63, 3.8) is 0 Å². The zero-order valence-electron chi connectivity index (χ0n) is 10.7. The zero-order valence-corrected chi connectivity index (χ0v) is 10.7. The molecule has 1 fully saturated rings. The topological polar surface area (TPSA) is 73.9 Å². The molecule has 2 aliphatic heterocycles. The Morgan fingerprint density at radius 3 is 3.00 bits per heavy atom. The number of carbonyl (C=O) groups is 2. The van der Waals surface area contributed by atoms with E-state index >= 15 is 0 Å². The monoisotopic (exact) mass is 255 g/mol. The van der Waals surface area contributed by atoms with Crippen LogP contribution in [0.3, 0.4) is 0 Å². The number of rotatable bonds is 3. The Morgan fingerprint density at radius 1 is 1.67 bits per heavy atom. The van der Waals surface area contributed by atoms with Crippen molar-refractivity contribution in [2.75, 3.05) is 13.7 Å². The van der Waals surface area contributed by atoms with Gasteiger partial charge in [0.1, 0.15) is 0 Å². The maximum atomic E-state index is 12.2. The van der Waals surface area contributed by atoms with E-state index in [4.69, 9.17) is 14.2 Å². The molecule has 0 spiro atoms. The van der Waals surface area contributed by atoms with Crippen LogP contribution >= 0.6 is 0 Å². The second kappa shape index (κ2) is 4.37. The highest BCUT2D eigenvalue weighted by Gasteiger charge is 2.66. The van der Waals surface area contributed by atoms with Crippen LogP contribution in [0.25, 0.3) is 0 Å². The molecule has 0 radical (unpaired) electrons. The van der Waals surface area contributed by atoms with Crippen LogP contribution in [0, 0.1) is 5.41 Å². The summed E-state index contributed by atoms with van der Waals surface area (Å²) in [7, 11) is 1.39. The van der Waals surface area contributed by atoms with E-state index < -0.39 is 17.3 Å². The van der Waals surface area contributed by atoms with Gasteiger partial charge in [-0.05, 0) is 13.8 Å². The molecule has 0 aromatic carbocycles. The molecular formula is C12H17NO5. The van der Waals surface area contributed by atoms with Gasteiger partial charge in [0, 0.05) is 19.6 Å². The fourth-order valence-corrected chi connectivity index (χ4v) is 2.59. The largest absolute Gasteiger partial charge is 0.465 e. The number of hydrogen-bond donors (Lipinski definition) is 1. The third-order valence-electron chi connectivity index (χ3n) is 3.30. The van der Waals surface area contributed by atoms with Crippen molar-refractivity contribution in [2.24, 2.45) is 5.41 Å². The Kier molecular flexibility index (Phi) is 3.16. The van der Waals surface area contributed by atoms with Crippen LogP contribution in [0.5, 0.6) is 0 Å². The van der Waals surface area contributed by atoms with Gasteiger partial charge in [0.25, 0.3) is 5.91 Å². The third kappa shape index (κ3) is 1.64. The van der Waals surface area contributed by atoms with Gasteiger partial charge in [-0.25, -0.2) is 0 Å². The van der Waals surface area contributed by atoms with Crippen LogP contribution in [0.15, 0.2) is 12.2 Å². The van der Waals surface area contributed by atoms with E-state index in [2.05, 4.69) is 5.32 Å². The molecule has 0 aromatic heterocycles. The first-order valence-corrected chi connectivity index (χ1v) is 5.91. The second-order valence-electron chi connectivity index (χ2n) is 4.47. The molecule has 3 unspecified atom stereocenters. The van der Waals surface area contributed by atoms with E-state index in [-0.39, 0.29) is 18.6 Å². The van der Waals surface area contributed by atoms with E-state index in [1.807, 2.05) is 6.92 Å². The van der Waals surface area contributed by atoms with Crippen LogP contribution in [0.2, 0.25) is 0 Å². The SMILES string of the molecule is CCOC(=O)C12C=CC(=O)NC1(OC)OC(C)C2. The molecule has 6 nitrogen and oxygen atoms in total. The number of carbonyl (C=O) groups excluding carboxylic acids is 2. The molecule has 2 rings (SSSR count). The van der Waals surface area contributed by atoms with E-state index in [1.54, 1.807) is 6.92 Å². The Morgan fingerprint density at radius 2 is 2.39 bits per heavy atom. The lowest BCUT2D eigenvalue weighted by molar-refractivity contribution is -0.264. The molecule has 1 saturated heterocycles. The second-order valence-corrected chi connectivity index (χ2v) is 4.47. The third-order valence-corrected chi connectivity index (χ3v) is 3.30. The average Bonchev–Trinajstić information content (AvgIpc) is 2.62. The normalized spacial score (nSPS) is 38.2. The maximum absolute atomic E-state index is 12.2. The fraction of sp³-hybridized carbons (Fsp3) is 0.667. The molecule has 2 aliphatic rings. The van der Waals surface area contributed by atoms with Crippen LogP contribution in [-0.2, 0) is 23.8 Å². The minimum absolute atomic E-state index is 0.225. The number of esters is 1. The summed E-state index contributed by atoms with van der Waals surface area (Å²) in [5.74, 6) is -2.27. The van der Waals surface area contributed by atoms with E-state index in [0.29, 0.717) is 6.42 Å². The molecule has 2 heterocycles. The van der Waals surface area contributed by atoms with Crippen molar-refractivity contribution in [1.82, 2.24) is 5.32 Å². The predicted molar refractivity (Wildman–Crippen MR) is 61.3 cm³/mol. The molecule has 0 aliphatic carbocycles. The van der Waals surface area contributed by atoms with E-state index in [9.17, 15) is 9.59 Å². The summed E-state index contributed by atoms with van der Waals surface area (Å²) >= 11 is 0. The van der Waals surface area contributed by atoms with Gasteiger partial charge in [-0.15, -0.1) is 0 Å². The molecule has 0 bridgehead atoms. The zero-order chi connectivity index (χ0) is 13.4. The Hall–Kier alpha value is -1.40. The van der Waals surface area contributed by atoms with Crippen molar-refractivity contribution < 1.29 is 23.8 Å². The summed E-state index contributed by atoms with van der Waals surface area (Å²) in [6, 6.07) is 0. The van der Waals surface area contributed by atoms with Crippen molar-refractivity contribution in [3.8, 4) is 0 Å². The molecular weight excluding hydrogens is 238 g/mol. The molecule has 0 aromatic rings. The summed E-state index contributed by atoms with van der Waals surface area (Å²) in [6.07, 6.45) is 3.01. The van der Waals surface area contributed by atoms with Gasteiger partial charge in [0.15, 0.2) is 5.41 Å². The highest BCUT2D eigenvalue weighted by molar-refractivity contribution is 5.93. The first-order chi connectivity index (χ1) is 8.49. The molecule has 18 heavy (non-hydrogen) atoms. The quantitative estimate of drug-likeness (QED) is 0.736. The van der Waals surface area contributed by atoms with Gasteiger partial charge in [-0.1, -0.05) is 6.08 Å². The standard InChI is InChI=1S/C12H17NO5/c1-4-17-10(15)11-6-5-9(14)13-12(11,16-3)18-8(2)7-11/h5-6,8H,4,7H2,1-3H3,(H,13,14). The predicted octanol–water partition coefficient (Wildman–Crippen LogP) is 0.331. The molecule has 6 heteroatoms. The lowest BCUT2D eigenvalue weighted by Gasteiger charge is -2.41. The maximum Gasteiger partial charge on any atom is 0.323 e. The van der Waals surface area contributed by atoms with Gasteiger partial charge in [-0.2, -0.15) is 0 Å². The van der Waals surface area contributed by atoms with Gasteiger partial charge in [-0.3, -0.25) is 9.59 Å². The summed E-state index contributed by atoms with van der Waals surface area (Å²) in [5.41, 5.74) is -1.12. The smallest absolute Gasteiger partial charge is 0.323 e. The minimum atomic E-state index is -1.47. The number of fused-ring (bicyclic) bond motifs is 1. The molecule has 3 atom stereocenters. The number of hydrogen-bond acceptors (Lipinski definition) is 5. The van der Waals surface area contributed by atoms with Crippen molar-refractivity contribution >= 4 is 11.9 Å². The van der Waals surface area contributed by atoms with Gasteiger partial charge in [0.2, 0.25) is 5.91 Å². The highest BCUT2D eigenvalue weighted by atomic mass is 16.7. The fourth-order valence-electron chi connectivity index (χ4n) is 2.59. The number of ether oxygens (including phenoxy) is 3. The van der Waals surface area contributed by atoms with Gasteiger partial charge >= 0.3 is 5.97 Å². The molecule has 1 N–H and O–H groups in total. The van der Waals surface area contributed by atoms with E-state index in [0.717, 1.165) is 0 Å². The van der Waals surface area contributed by atoms with Gasteiger partial charge in [0.05, 0.1) is 12.7 Å². The summed E-state index contributed by atoms with van der Waals surface area (Å²) in [5, 5.41) is 2.58.